The molecule has 1 aromatic carbocycles. The summed E-state index contributed by atoms with van der Waals surface area (Å²) in [6.07, 6.45) is 7.13. The molecule has 0 fully saturated rings. The first-order valence-corrected chi connectivity index (χ1v) is 6.47. The van der Waals surface area contributed by atoms with Crippen molar-refractivity contribution in [2.75, 3.05) is 0 Å². The number of fused-ring (bicyclic) bond motifs is 1. The van der Waals surface area contributed by atoms with Crippen LogP contribution in [0.2, 0.25) is 5.02 Å². The van der Waals surface area contributed by atoms with Crippen molar-refractivity contribution >= 4 is 17.9 Å². The maximum absolute atomic E-state index is 10.7. The van der Waals surface area contributed by atoms with Crippen LogP contribution in [0.25, 0.3) is 5.69 Å². The minimum atomic E-state index is 0.588. The van der Waals surface area contributed by atoms with E-state index < -0.39 is 0 Å². The third kappa shape index (κ3) is 1.85. The van der Waals surface area contributed by atoms with Gasteiger partial charge in [-0.05, 0) is 43.9 Å². The first-order valence-electron chi connectivity index (χ1n) is 6.10. The molecule has 0 saturated heterocycles. The number of aromatic nitrogens is 2. The smallest absolute Gasteiger partial charge is 0.150 e. The summed E-state index contributed by atoms with van der Waals surface area (Å²) < 4.78 is 2.05. The summed E-state index contributed by atoms with van der Waals surface area (Å²) in [5.41, 5.74) is 3.93. The molecule has 3 nitrogen and oxygen atoms in total. The molecule has 0 radical (unpaired) electrons. The highest BCUT2D eigenvalue weighted by Gasteiger charge is 2.17. The molecule has 0 saturated carbocycles. The predicted molar refractivity (Wildman–Crippen MR) is 70.6 cm³/mol. The molecule has 4 heteroatoms. The Bertz CT molecular complexity index is 604. The number of nitrogens with zero attached hydrogens (tertiary/aromatic N) is 2. The number of imidazole rings is 1. The quantitative estimate of drug-likeness (QED) is 0.777. The molecule has 1 aliphatic rings. The monoisotopic (exact) mass is 260 g/mol. The van der Waals surface area contributed by atoms with Gasteiger partial charge in [0.2, 0.25) is 0 Å². The zero-order valence-electron chi connectivity index (χ0n) is 9.90. The van der Waals surface area contributed by atoms with Crippen molar-refractivity contribution in [2.24, 2.45) is 0 Å². The number of rotatable bonds is 2. The van der Waals surface area contributed by atoms with Gasteiger partial charge in [0, 0.05) is 11.3 Å². The summed E-state index contributed by atoms with van der Waals surface area (Å²) in [6.45, 7) is 0. The number of aryl methyl sites for hydroxylation is 1. The van der Waals surface area contributed by atoms with E-state index >= 15 is 0 Å². The Morgan fingerprint density at radius 3 is 2.89 bits per heavy atom. The van der Waals surface area contributed by atoms with Gasteiger partial charge in [0.15, 0.2) is 0 Å². The summed E-state index contributed by atoms with van der Waals surface area (Å²) in [5, 5.41) is 0.588. The maximum Gasteiger partial charge on any atom is 0.150 e. The maximum atomic E-state index is 10.7. The molecule has 0 spiro atoms. The number of halogens is 1. The van der Waals surface area contributed by atoms with Crippen molar-refractivity contribution < 1.29 is 4.79 Å². The molecule has 2 aromatic rings. The van der Waals surface area contributed by atoms with E-state index in [9.17, 15) is 4.79 Å². The fraction of sp³-hybridized carbons (Fsp3) is 0.286. The second kappa shape index (κ2) is 4.58. The summed E-state index contributed by atoms with van der Waals surface area (Å²) in [4.78, 5) is 15.2. The number of hydrogen-bond acceptors (Lipinski definition) is 2. The van der Waals surface area contributed by atoms with Crippen LogP contribution in [-0.4, -0.2) is 15.8 Å². The molecule has 1 aromatic heterocycles. The minimum absolute atomic E-state index is 0.588. The van der Waals surface area contributed by atoms with Crippen LogP contribution in [0.3, 0.4) is 0 Å². The standard InChI is InChI=1S/C14H13ClN2O/c15-11-7-10(8-18)5-6-13(11)17-9-16-12-3-1-2-4-14(12)17/h5-9H,1-4H2. The Kier molecular flexibility index (Phi) is 2.92. The fourth-order valence-electron chi connectivity index (χ4n) is 2.47. The van der Waals surface area contributed by atoms with Crippen LogP contribution in [0.15, 0.2) is 24.5 Å². The average molecular weight is 261 g/mol. The van der Waals surface area contributed by atoms with E-state index in [1.807, 2.05) is 17.0 Å². The first kappa shape index (κ1) is 11.5. The number of benzene rings is 1. The highest BCUT2D eigenvalue weighted by molar-refractivity contribution is 6.32. The largest absolute Gasteiger partial charge is 0.301 e. The van der Waals surface area contributed by atoms with Crippen LogP contribution in [0.1, 0.15) is 34.6 Å². The number of carbonyl (C=O) groups excluding carboxylic acids is 1. The van der Waals surface area contributed by atoms with Gasteiger partial charge in [0.05, 0.1) is 22.7 Å². The molecule has 0 amide bonds. The molecular weight excluding hydrogens is 248 g/mol. The second-order valence-corrected chi connectivity index (χ2v) is 4.95. The summed E-state index contributed by atoms with van der Waals surface area (Å²) >= 11 is 6.23. The lowest BCUT2D eigenvalue weighted by molar-refractivity contribution is 0.112. The van der Waals surface area contributed by atoms with E-state index in [-0.39, 0.29) is 0 Å². The molecule has 0 unspecified atom stereocenters. The highest BCUT2D eigenvalue weighted by atomic mass is 35.5. The van der Waals surface area contributed by atoms with E-state index in [0.717, 1.165) is 24.8 Å². The van der Waals surface area contributed by atoms with Crippen LogP contribution >= 0.6 is 11.6 Å². The molecule has 0 bridgehead atoms. The zero-order valence-corrected chi connectivity index (χ0v) is 10.7. The molecule has 0 aliphatic heterocycles. The van der Waals surface area contributed by atoms with Crippen molar-refractivity contribution in [3.63, 3.8) is 0 Å². The van der Waals surface area contributed by atoms with Crippen molar-refractivity contribution in [3.8, 4) is 5.69 Å². The molecule has 92 valence electrons. The average Bonchev–Trinajstić information content (AvgIpc) is 2.82. The van der Waals surface area contributed by atoms with Crippen LogP contribution in [0, 0.1) is 0 Å². The van der Waals surface area contributed by atoms with Gasteiger partial charge in [-0.2, -0.15) is 0 Å². The van der Waals surface area contributed by atoms with Gasteiger partial charge in [-0.15, -0.1) is 0 Å². The predicted octanol–water partition coefficient (Wildman–Crippen LogP) is 3.22. The Balaban J connectivity index is 2.09. The third-order valence-electron chi connectivity index (χ3n) is 3.40. The Morgan fingerprint density at radius 1 is 1.28 bits per heavy atom. The van der Waals surface area contributed by atoms with E-state index in [1.165, 1.54) is 24.2 Å². The second-order valence-electron chi connectivity index (χ2n) is 4.54. The lowest BCUT2D eigenvalue weighted by Crippen LogP contribution is -2.07. The highest BCUT2D eigenvalue weighted by Crippen LogP contribution is 2.27. The number of carbonyl (C=O) groups is 1. The number of aldehydes is 1. The SMILES string of the molecule is O=Cc1ccc(-n2cnc3c2CCCC3)c(Cl)c1. The van der Waals surface area contributed by atoms with Crippen LogP contribution in [0.5, 0.6) is 0 Å². The van der Waals surface area contributed by atoms with Crippen molar-refractivity contribution in [3.05, 3.63) is 46.5 Å². The molecular formula is C14H13ClN2O. The van der Waals surface area contributed by atoms with Crippen LogP contribution < -0.4 is 0 Å². The van der Waals surface area contributed by atoms with Gasteiger partial charge in [-0.25, -0.2) is 4.98 Å². The summed E-state index contributed by atoms with van der Waals surface area (Å²) in [5.74, 6) is 0. The molecule has 1 aliphatic carbocycles. The molecule has 3 rings (SSSR count). The Morgan fingerprint density at radius 2 is 2.11 bits per heavy atom. The zero-order chi connectivity index (χ0) is 12.5. The van der Waals surface area contributed by atoms with E-state index in [1.54, 1.807) is 12.1 Å². The van der Waals surface area contributed by atoms with Crippen molar-refractivity contribution in [1.82, 2.24) is 9.55 Å². The van der Waals surface area contributed by atoms with Crippen LogP contribution in [0.4, 0.5) is 0 Å². The Hall–Kier alpha value is -1.61. The fourth-order valence-corrected chi connectivity index (χ4v) is 2.75. The van der Waals surface area contributed by atoms with Crippen LogP contribution in [-0.2, 0) is 12.8 Å². The molecule has 1 heterocycles. The molecule has 0 atom stereocenters. The summed E-state index contributed by atoms with van der Waals surface area (Å²) in [7, 11) is 0. The van der Waals surface area contributed by atoms with Gasteiger partial charge in [0.25, 0.3) is 0 Å². The molecule has 0 N–H and O–H groups in total. The third-order valence-corrected chi connectivity index (χ3v) is 3.70. The Labute approximate surface area is 110 Å². The number of hydrogen-bond donors (Lipinski definition) is 0. The van der Waals surface area contributed by atoms with Gasteiger partial charge < -0.3 is 4.57 Å². The van der Waals surface area contributed by atoms with Gasteiger partial charge >= 0.3 is 0 Å². The van der Waals surface area contributed by atoms with Crippen molar-refractivity contribution in [1.29, 1.82) is 0 Å². The lowest BCUT2D eigenvalue weighted by atomic mass is 10.0. The van der Waals surface area contributed by atoms with E-state index in [2.05, 4.69) is 4.98 Å². The first-order chi connectivity index (χ1) is 8.79. The normalized spacial score (nSPS) is 14.3. The molecule has 18 heavy (non-hydrogen) atoms. The van der Waals surface area contributed by atoms with Gasteiger partial charge in [-0.1, -0.05) is 11.6 Å². The van der Waals surface area contributed by atoms with Crippen molar-refractivity contribution in [2.45, 2.75) is 25.7 Å². The van der Waals surface area contributed by atoms with E-state index in [0.29, 0.717) is 10.6 Å². The van der Waals surface area contributed by atoms with E-state index in [4.69, 9.17) is 11.6 Å². The lowest BCUT2D eigenvalue weighted by Gasteiger charge is -2.15. The van der Waals surface area contributed by atoms with Gasteiger partial charge in [0.1, 0.15) is 6.29 Å². The minimum Gasteiger partial charge on any atom is -0.301 e. The summed E-state index contributed by atoms with van der Waals surface area (Å²) in [6, 6.07) is 5.35. The van der Waals surface area contributed by atoms with Gasteiger partial charge in [-0.3, -0.25) is 4.79 Å². The topological polar surface area (TPSA) is 34.9 Å².